The summed E-state index contributed by atoms with van der Waals surface area (Å²) in [7, 11) is 0. The second-order valence-electron chi connectivity index (χ2n) is 3.05. The predicted octanol–water partition coefficient (Wildman–Crippen LogP) is 1.45. The number of nitrogens with two attached hydrogens (primary N) is 2. The van der Waals surface area contributed by atoms with E-state index in [9.17, 15) is 0 Å². The lowest BCUT2D eigenvalue weighted by Gasteiger charge is -1.93. The molecule has 0 aliphatic rings. The molecular weight excluding hydrogens is 180 g/mol. The van der Waals surface area contributed by atoms with Crippen LogP contribution in [0.4, 0.5) is 11.6 Å². The van der Waals surface area contributed by atoms with Crippen molar-refractivity contribution in [3.05, 3.63) is 6.07 Å². The van der Waals surface area contributed by atoms with E-state index in [4.69, 9.17) is 11.5 Å². The molecule has 78 valence electrons. The molecule has 0 saturated carbocycles. The summed E-state index contributed by atoms with van der Waals surface area (Å²) in [5.41, 5.74) is 11.0. The van der Waals surface area contributed by atoms with Crippen LogP contribution in [0.3, 0.4) is 0 Å². The smallest absolute Gasteiger partial charge is 0.151 e. The Kier molecular flexibility index (Phi) is 3.90. The molecule has 0 spiro atoms. The van der Waals surface area contributed by atoms with Crippen LogP contribution in [0.2, 0.25) is 0 Å². The molecule has 0 amide bonds. The molecule has 0 aromatic carbocycles. The zero-order valence-electron chi connectivity index (χ0n) is 8.35. The van der Waals surface area contributed by atoms with Crippen molar-refractivity contribution in [1.29, 1.82) is 0 Å². The molecule has 0 aliphatic carbocycles. The van der Waals surface area contributed by atoms with Crippen LogP contribution in [-0.4, -0.2) is 16.4 Å². The molecule has 1 rings (SSSR count). The van der Waals surface area contributed by atoms with Crippen LogP contribution in [0, 0.1) is 0 Å². The van der Waals surface area contributed by atoms with Crippen LogP contribution in [0.5, 0.6) is 0 Å². The van der Waals surface area contributed by atoms with E-state index in [1.165, 1.54) is 11.2 Å². The molecule has 6 heteroatoms. The fourth-order valence-electron chi connectivity index (χ4n) is 1.01. The van der Waals surface area contributed by atoms with Gasteiger partial charge >= 0.3 is 0 Å². The first-order valence-electron chi connectivity index (χ1n) is 4.73. The van der Waals surface area contributed by atoms with E-state index in [0.29, 0.717) is 18.2 Å². The van der Waals surface area contributed by atoms with Crippen LogP contribution in [0.1, 0.15) is 26.2 Å². The van der Waals surface area contributed by atoms with Gasteiger partial charge < -0.3 is 11.5 Å². The van der Waals surface area contributed by atoms with Crippen LogP contribution in [0.25, 0.3) is 0 Å². The Hall–Kier alpha value is -1.59. The SMILES string of the molecule is CCCCC/N=N/n1nc(N)cc1N. The maximum atomic E-state index is 5.55. The summed E-state index contributed by atoms with van der Waals surface area (Å²) >= 11 is 0. The van der Waals surface area contributed by atoms with Gasteiger partial charge in [0.2, 0.25) is 0 Å². The first-order chi connectivity index (χ1) is 6.74. The van der Waals surface area contributed by atoms with Crippen molar-refractivity contribution in [2.75, 3.05) is 18.0 Å². The minimum atomic E-state index is 0.356. The van der Waals surface area contributed by atoms with E-state index in [1.54, 1.807) is 6.07 Å². The third kappa shape index (κ3) is 3.04. The second-order valence-corrected chi connectivity index (χ2v) is 3.05. The van der Waals surface area contributed by atoms with Gasteiger partial charge in [-0.05, 0) is 11.6 Å². The van der Waals surface area contributed by atoms with Gasteiger partial charge in [0.15, 0.2) is 5.82 Å². The van der Waals surface area contributed by atoms with Crippen molar-refractivity contribution in [3.63, 3.8) is 0 Å². The van der Waals surface area contributed by atoms with Crippen LogP contribution < -0.4 is 11.5 Å². The molecule has 14 heavy (non-hydrogen) atoms. The first-order valence-corrected chi connectivity index (χ1v) is 4.73. The maximum absolute atomic E-state index is 5.55. The van der Waals surface area contributed by atoms with Crippen LogP contribution in [0.15, 0.2) is 16.4 Å². The molecule has 1 heterocycles. The molecular formula is C8H16N6. The van der Waals surface area contributed by atoms with Crippen molar-refractivity contribution in [2.45, 2.75) is 26.2 Å². The second kappa shape index (κ2) is 5.21. The molecule has 0 fully saturated rings. The van der Waals surface area contributed by atoms with E-state index in [2.05, 4.69) is 22.4 Å². The Balaban J connectivity index is 2.39. The molecule has 6 nitrogen and oxygen atoms in total. The van der Waals surface area contributed by atoms with Gasteiger partial charge in [-0.3, -0.25) is 0 Å². The lowest BCUT2D eigenvalue weighted by atomic mass is 10.3. The Morgan fingerprint density at radius 2 is 2.21 bits per heavy atom. The van der Waals surface area contributed by atoms with Gasteiger partial charge in [0.05, 0.1) is 6.54 Å². The highest BCUT2D eigenvalue weighted by Gasteiger charge is 1.98. The molecule has 0 radical (unpaired) electrons. The van der Waals surface area contributed by atoms with Crippen LogP contribution in [-0.2, 0) is 0 Å². The highest BCUT2D eigenvalue weighted by molar-refractivity contribution is 5.41. The van der Waals surface area contributed by atoms with E-state index < -0.39 is 0 Å². The highest BCUT2D eigenvalue weighted by Crippen LogP contribution is 2.07. The van der Waals surface area contributed by atoms with Gasteiger partial charge in [-0.1, -0.05) is 19.8 Å². The summed E-state index contributed by atoms with van der Waals surface area (Å²) in [6.07, 6.45) is 3.37. The van der Waals surface area contributed by atoms with Crippen molar-refractivity contribution < 1.29 is 0 Å². The van der Waals surface area contributed by atoms with Crippen molar-refractivity contribution in [2.24, 2.45) is 10.3 Å². The monoisotopic (exact) mass is 196 g/mol. The largest absolute Gasteiger partial charge is 0.382 e. The summed E-state index contributed by atoms with van der Waals surface area (Å²) in [4.78, 5) is 1.24. The number of nitrogen functional groups attached to an aromatic ring is 2. The topological polar surface area (TPSA) is 94.6 Å². The number of rotatable bonds is 5. The number of hydrogen-bond acceptors (Lipinski definition) is 5. The summed E-state index contributed by atoms with van der Waals surface area (Å²) in [5.74, 6) is 0.761. The summed E-state index contributed by atoms with van der Waals surface area (Å²) in [6.45, 7) is 2.84. The predicted molar refractivity (Wildman–Crippen MR) is 55.7 cm³/mol. The van der Waals surface area contributed by atoms with Crippen LogP contribution >= 0.6 is 0 Å². The number of unbranched alkanes of at least 4 members (excludes halogenated alkanes) is 2. The average Bonchev–Trinajstić information content (AvgIpc) is 2.45. The minimum absolute atomic E-state index is 0.356. The molecule has 0 atom stereocenters. The Labute approximate surface area is 83.0 Å². The molecule has 0 aliphatic heterocycles. The van der Waals surface area contributed by atoms with E-state index in [-0.39, 0.29) is 0 Å². The molecule has 4 N–H and O–H groups in total. The zero-order chi connectivity index (χ0) is 10.4. The molecule has 1 aromatic heterocycles. The third-order valence-electron chi connectivity index (χ3n) is 1.75. The normalized spacial score (nSPS) is 11.2. The average molecular weight is 196 g/mol. The van der Waals surface area contributed by atoms with Gasteiger partial charge in [0.1, 0.15) is 5.82 Å². The number of aromatic nitrogens is 2. The number of anilines is 2. The highest BCUT2D eigenvalue weighted by atomic mass is 15.6. The van der Waals surface area contributed by atoms with Gasteiger partial charge in [-0.2, -0.15) is 5.11 Å². The summed E-state index contributed by atoms with van der Waals surface area (Å²) < 4.78 is 0. The molecule has 0 saturated heterocycles. The third-order valence-corrected chi connectivity index (χ3v) is 1.75. The maximum Gasteiger partial charge on any atom is 0.151 e. The fraction of sp³-hybridized carbons (Fsp3) is 0.625. The van der Waals surface area contributed by atoms with Gasteiger partial charge in [-0.15, -0.1) is 9.89 Å². The number of nitrogens with zero attached hydrogens (tertiary/aromatic N) is 4. The van der Waals surface area contributed by atoms with Crippen molar-refractivity contribution in [3.8, 4) is 0 Å². The first kappa shape index (κ1) is 10.5. The molecule has 0 unspecified atom stereocenters. The van der Waals surface area contributed by atoms with Gasteiger partial charge in [0.25, 0.3) is 0 Å². The minimum Gasteiger partial charge on any atom is -0.382 e. The van der Waals surface area contributed by atoms with Gasteiger partial charge in [0, 0.05) is 6.07 Å². The molecule has 1 aromatic rings. The fourth-order valence-corrected chi connectivity index (χ4v) is 1.01. The summed E-state index contributed by atoms with van der Waals surface area (Å²) in [6, 6.07) is 1.55. The molecule has 0 bridgehead atoms. The zero-order valence-corrected chi connectivity index (χ0v) is 8.35. The van der Waals surface area contributed by atoms with E-state index >= 15 is 0 Å². The standard InChI is InChI=1S/C8H16N6/c1-2-3-4-5-11-13-14-8(10)6-7(9)12-14/h6H,2-5,10H2,1H3,(H2,9,12)/b13-11+. The Morgan fingerprint density at radius 1 is 1.43 bits per heavy atom. The van der Waals surface area contributed by atoms with Gasteiger partial charge in [-0.25, -0.2) is 0 Å². The Bertz CT molecular complexity index is 303. The Morgan fingerprint density at radius 3 is 2.79 bits per heavy atom. The summed E-state index contributed by atoms with van der Waals surface area (Å²) in [5, 5.41) is 11.6. The van der Waals surface area contributed by atoms with Crippen molar-refractivity contribution >= 4 is 11.6 Å². The lowest BCUT2D eigenvalue weighted by Crippen LogP contribution is -1.97. The quantitative estimate of drug-likeness (QED) is 0.551. The van der Waals surface area contributed by atoms with E-state index in [1.807, 2.05) is 0 Å². The number of hydrogen-bond donors (Lipinski definition) is 2. The van der Waals surface area contributed by atoms with E-state index in [0.717, 1.165) is 12.8 Å². The lowest BCUT2D eigenvalue weighted by molar-refractivity contribution is 0.642. The van der Waals surface area contributed by atoms with Crippen molar-refractivity contribution in [1.82, 2.24) is 9.89 Å².